The van der Waals surface area contributed by atoms with Gasteiger partial charge in [-0.15, -0.1) is 0 Å². The second kappa shape index (κ2) is 3.16. The molecule has 0 radical (unpaired) electrons. The molecule has 0 bridgehead atoms. The van der Waals surface area contributed by atoms with E-state index in [9.17, 15) is 9.59 Å². The maximum absolute atomic E-state index is 10.4. The molecule has 0 aromatic heterocycles. The van der Waals surface area contributed by atoms with Crippen molar-refractivity contribution in [2.75, 3.05) is 0 Å². The van der Waals surface area contributed by atoms with E-state index in [0.29, 0.717) is 0 Å². The third-order valence-corrected chi connectivity index (χ3v) is 2.17. The van der Waals surface area contributed by atoms with E-state index in [4.69, 9.17) is 10.2 Å². The molecule has 1 rings (SSSR count). The Morgan fingerprint density at radius 3 is 1.50 bits per heavy atom. The number of rotatable bonds is 0. The monoisotopic (exact) mass is 166 g/mol. The Morgan fingerprint density at radius 1 is 1.10 bits per heavy atom. The van der Waals surface area contributed by atoms with Crippen molar-refractivity contribution in [1.82, 2.24) is 0 Å². The van der Waals surface area contributed by atoms with Gasteiger partial charge in [0, 0.05) is 8.58 Å². The summed E-state index contributed by atoms with van der Waals surface area (Å²) in [7, 11) is -0.561. The summed E-state index contributed by atoms with van der Waals surface area (Å²) in [6.45, 7) is 0. The maximum Gasteiger partial charge on any atom is 0.190 e. The zero-order valence-electron chi connectivity index (χ0n) is 4.87. The highest BCUT2D eigenvalue weighted by molar-refractivity contribution is 7.75. The summed E-state index contributed by atoms with van der Waals surface area (Å²) in [5, 5.41) is 17.2. The van der Waals surface area contributed by atoms with Crippen molar-refractivity contribution >= 4 is 19.6 Å². The van der Waals surface area contributed by atoms with Gasteiger partial charge in [-0.2, -0.15) is 0 Å². The van der Waals surface area contributed by atoms with E-state index in [2.05, 4.69) is 0 Å². The van der Waals surface area contributed by atoms with Crippen LogP contribution >= 0.6 is 8.58 Å². The first-order chi connectivity index (χ1) is 4.13. The average molecular weight is 166 g/mol. The van der Waals surface area contributed by atoms with Crippen molar-refractivity contribution < 1.29 is 25.3 Å². The Labute approximate surface area is 58.1 Å². The van der Waals surface area contributed by atoms with Gasteiger partial charge in [-0.3, -0.25) is 9.59 Å². The van der Waals surface area contributed by atoms with E-state index < -0.39 is 31.8 Å². The minimum absolute atomic E-state index is 0. The third-order valence-electron chi connectivity index (χ3n) is 1.08. The largest absolute Gasteiger partial charge is 0.412 e. The smallest absolute Gasteiger partial charge is 0.190 e. The van der Waals surface area contributed by atoms with Crippen LogP contribution in [0.1, 0.15) is 0 Å². The van der Waals surface area contributed by atoms with Crippen LogP contribution in [0.2, 0.25) is 0 Å². The highest BCUT2D eigenvalue weighted by Crippen LogP contribution is 2.27. The molecule has 0 saturated carbocycles. The van der Waals surface area contributed by atoms with Crippen LogP contribution in [0, 0.1) is 0 Å². The molecule has 4 N–H and O–H groups in total. The van der Waals surface area contributed by atoms with Gasteiger partial charge in [0.05, 0.1) is 0 Å². The van der Waals surface area contributed by atoms with Gasteiger partial charge >= 0.3 is 0 Å². The molecule has 1 heterocycles. The van der Waals surface area contributed by atoms with Gasteiger partial charge in [-0.25, -0.2) is 0 Å². The van der Waals surface area contributed by atoms with Crippen molar-refractivity contribution in [3.8, 4) is 0 Å². The van der Waals surface area contributed by atoms with Gasteiger partial charge in [-0.05, 0) is 0 Å². The predicted octanol–water partition coefficient (Wildman–Crippen LogP) is -2.37. The van der Waals surface area contributed by atoms with Crippen LogP contribution in [0.25, 0.3) is 0 Å². The van der Waals surface area contributed by atoms with Crippen LogP contribution in [0.4, 0.5) is 0 Å². The van der Waals surface area contributed by atoms with Gasteiger partial charge < -0.3 is 15.7 Å². The molecule has 10 heavy (non-hydrogen) atoms. The van der Waals surface area contributed by atoms with E-state index in [1.54, 1.807) is 0 Å². The molecular formula is C4H7O5P. The van der Waals surface area contributed by atoms with Crippen molar-refractivity contribution in [3.63, 3.8) is 0 Å². The zero-order valence-corrected chi connectivity index (χ0v) is 5.87. The number of aliphatic hydroxyl groups is 2. The fourth-order valence-corrected chi connectivity index (χ4v) is 1.41. The summed E-state index contributed by atoms with van der Waals surface area (Å²) in [6.07, 6.45) is -2.92. The second-order valence-electron chi connectivity index (χ2n) is 1.74. The molecule has 1 saturated heterocycles. The van der Waals surface area contributed by atoms with Gasteiger partial charge in [0.15, 0.2) is 11.0 Å². The topological polar surface area (TPSA) is 106 Å². The summed E-state index contributed by atoms with van der Waals surface area (Å²) in [5.74, 6) is 0. The van der Waals surface area contributed by atoms with E-state index in [0.717, 1.165) is 0 Å². The fraction of sp³-hybridized carbons (Fsp3) is 0.500. The van der Waals surface area contributed by atoms with E-state index in [1.165, 1.54) is 0 Å². The quantitative estimate of drug-likeness (QED) is 0.392. The lowest BCUT2D eigenvalue weighted by Crippen LogP contribution is -2.27. The Kier molecular flexibility index (Phi) is 3.05. The molecule has 5 nitrogen and oxygen atoms in total. The lowest BCUT2D eigenvalue weighted by atomic mass is 10.2. The van der Waals surface area contributed by atoms with Crippen LogP contribution < -0.4 is 0 Å². The van der Waals surface area contributed by atoms with Crippen LogP contribution in [-0.4, -0.2) is 38.9 Å². The van der Waals surface area contributed by atoms with Crippen molar-refractivity contribution in [3.05, 3.63) is 0 Å². The summed E-state index contributed by atoms with van der Waals surface area (Å²) in [6, 6.07) is 0. The molecule has 1 aliphatic rings. The van der Waals surface area contributed by atoms with E-state index >= 15 is 0 Å². The van der Waals surface area contributed by atoms with Crippen LogP contribution in [0.15, 0.2) is 0 Å². The van der Waals surface area contributed by atoms with E-state index in [1.807, 2.05) is 0 Å². The number of carbonyl (C=O) groups is 2. The molecule has 0 aliphatic carbocycles. The lowest BCUT2D eigenvalue weighted by molar-refractivity contribution is -0.129. The molecule has 58 valence electrons. The number of carbonyl (C=O) groups excluding carboxylic acids is 2. The first kappa shape index (κ1) is 9.65. The van der Waals surface area contributed by atoms with Crippen molar-refractivity contribution in [2.24, 2.45) is 0 Å². The lowest BCUT2D eigenvalue weighted by Gasteiger charge is -2.00. The molecule has 1 aliphatic heterocycles. The minimum atomic E-state index is -1.46. The summed E-state index contributed by atoms with van der Waals surface area (Å²) in [5.41, 5.74) is -1.12. The van der Waals surface area contributed by atoms with E-state index in [-0.39, 0.29) is 5.48 Å². The minimum Gasteiger partial charge on any atom is -0.412 e. The normalized spacial score (nSPS) is 34.6. The molecule has 6 heteroatoms. The first-order valence-electron chi connectivity index (χ1n) is 2.34. The molecular weight excluding hydrogens is 159 g/mol. The maximum atomic E-state index is 10.4. The highest BCUT2D eigenvalue weighted by atomic mass is 31.1. The number of hydrogen-bond acceptors (Lipinski definition) is 4. The van der Waals surface area contributed by atoms with Crippen molar-refractivity contribution in [1.29, 1.82) is 0 Å². The second-order valence-corrected chi connectivity index (χ2v) is 2.98. The number of aliphatic hydroxyl groups excluding tert-OH is 2. The SMILES string of the molecule is O.O=C1PC(=O)C(O)C1O. The Balaban J connectivity index is 0.000000810. The first-order valence-corrected chi connectivity index (χ1v) is 3.34. The fourth-order valence-electron chi connectivity index (χ4n) is 0.556. The molecule has 0 aromatic carbocycles. The molecule has 0 amide bonds. The van der Waals surface area contributed by atoms with Crippen LogP contribution in [0.3, 0.4) is 0 Å². The number of hydrogen-bond donors (Lipinski definition) is 2. The Hall–Kier alpha value is -0.350. The molecule has 2 unspecified atom stereocenters. The van der Waals surface area contributed by atoms with Gasteiger partial charge in [0.1, 0.15) is 12.2 Å². The van der Waals surface area contributed by atoms with Crippen LogP contribution in [-0.2, 0) is 9.59 Å². The third kappa shape index (κ3) is 1.38. The summed E-state index contributed by atoms with van der Waals surface area (Å²) in [4.78, 5) is 20.8. The van der Waals surface area contributed by atoms with Crippen LogP contribution in [0.5, 0.6) is 0 Å². The summed E-state index contributed by atoms with van der Waals surface area (Å²) >= 11 is 0. The van der Waals surface area contributed by atoms with Gasteiger partial charge in [0.25, 0.3) is 0 Å². The Bertz CT molecular complexity index is 149. The zero-order chi connectivity index (χ0) is 7.02. The van der Waals surface area contributed by atoms with Gasteiger partial charge in [0.2, 0.25) is 0 Å². The van der Waals surface area contributed by atoms with Crippen molar-refractivity contribution in [2.45, 2.75) is 12.2 Å². The molecule has 2 atom stereocenters. The molecule has 0 spiro atoms. The standard InChI is InChI=1S/C4H5O4P.H2O/c5-1-2(6)4(8)9-3(1)7;/h1-2,5-6,9H;1H2. The van der Waals surface area contributed by atoms with Gasteiger partial charge in [-0.1, -0.05) is 0 Å². The molecule has 0 aromatic rings. The predicted molar refractivity (Wildman–Crippen MR) is 34.0 cm³/mol. The average Bonchev–Trinajstić information content (AvgIpc) is 1.98. The summed E-state index contributed by atoms with van der Waals surface area (Å²) < 4.78 is 0. The molecule has 1 fully saturated rings. The Morgan fingerprint density at radius 2 is 1.40 bits per heavy atom. The highest BCUT2D eigenvalue weighted by Gasteiger charge is 2.38.